The van der Waals surface area contributed by atoms with Crippen LogP contribution in [0, 0.1) is 0 Å². The maximum absolute atomic E-state index is 4.21. The van der Waals surface area contributed by atoms with Gasteiger partial charge in [-0.2, -0.15) is 0 Å². The molecule has 0 spiro atoms. The Morgan fingerprint density at radius 3 is 3.27 bits per heavy atom. The van der Waals surface area contributed by atoms with Crippen molar-refractivity contribution in [2.24, 2.45) is 4.99 Å². The molecule has 0 bridgehead atoms. The van der Waals surface area contributed by atoms with Gasteiger partial charge in [0, 0.05) is 12.8 Å². The minimum absolute atomic E-state index is 0.912. The molecule has 11 heavy (non-hydrogen) atoms. The monoisotopic (exact) mass is 151 g/mol. The van der Waals surface area contributed by atoms with Gasteiger partial charge >= 0.3 is 0 Å². The Hall–Kier alpha value is -1.12. The van der Waals surface area contributed by atoms with Crippen LogP contribution in [0.25, 0.3) is 0 Å². The zero-order valence-corrected chi connectivity index (χ0v) is 6.75. The zero-order valence-electron chi connectivity index (χ0n) is 6.75. The molecule has 0 aliphatic rings. The lowest BCUT2D eigenvalue weighted by Gasteiger charge is -1.87. The van der Waals surface area contributed by atoms with Crippen LogP contribution >= 0.6 is 0 Å². The molecule has 0 aromatic carbocycles. The van der Waals surface area contributed by atoms with Gasteiger partial charge in [0.15, 0.2) is 0 Å². The van der Waals surface area contributed by atoms with Crippen molar-refractivity contribution in [1.82, 2.24) is 9.97 Å². The van der Waals surface area contributed by atoms with Crippen LogP contribution in [0.1, 0.15) is 25.5 Å². The van der Waals surface area contributed by atoms with Crippen molar-refractivity contribution < 1.29 is 0 Å². The molecule has 3 heteroatoms. The number of unbranched alkanes of at least 4 members (excludes halogenated alkanes) is 1. The molecule has 60 valence electrons. The summed E-state index contributed by atoms with van der Waals surface area (Å²) in [6.45, 7) is 3.07. The van der Waals surface area contributed by atoms with Gasteiger partial charge in [0.2, 0.25) is 0 Å². The van der Waals surface area contributed by atoms with Crippen LogP contribution in [0.5, 0.6) is 0 Å². The summed E-state index contributed by atoms with van der Waals surface area (Å²) < 4.78 is 0. The van der Waals surface area contributed by atoms with Gasteiger partial charge in [-0.05, 0) is 6.42 Å². The van der Waals surface area contributed by atoms with Crippen LogP contribution in [0.2, 0.25) is 0 Å². The van der Waals surface area contributed by atoms with Gasteiger partial charge in [-0.1, -0.05) is 13.3 Å². The summed E-state index contributed by atoms with van der Waals surface area (Å²) in [5.74, 6) is 0. The SMILES string of the molecule is CCCCN=Cc1cnc[nH]1. The summed E-state index contributed by atoms with van der Waals surface area (Å²) in [5, 5.41) is 0. The first-order chi connectivity index (χ1) is 5.43. The fourth-order valence-corrected chi connectivity index (χ4v) is 0.750. The minimum atomic E-state index is 0.912. The highest BCUT2D eigenvalue weighted by molar-refractivity contribution is 5.76. The molecule has 0 radical (unpaired) electrons. The molecule has 1 aromatic rings. The second-order valence-electron chi connectivity index (χ2n) is 2.40. The van der Waals surface area contributed by atoms with Crippen LogP contribution < -0.4 is 0 Å². The van der Waals surface area contributed by atoms with Gasteiger partial charge in [0.05, 0.1) is 18.2 Å². The third-order valence-corrected chi connectivity index (χ3v) is 1.39. The molecular weight excluding hydrogens is 138 g/mol. The smallest absolute Gasteiger partial charge is 0.0924 e. The Labute approximate surface area is 66.6 Å². The highest BCUT2D eigenvalue weighted by atomic mass is 14.9. The van der Waals surface area contributed by atoms with E-state index in [4.69, 9.17) is 0 Å². The number of nitrogens with one attached hydrogen (secondary N) is 1. The van der Waals surface area contributed by atoms with E-state index in [2.05, 4.69) is 21.9 Å². The number of aromatic amines is 1. The minimum Gasteiger partial charge on any atom is -0.344 e. The van der Waals surface area contributed by atoms with E-state index in [9.17, 15) is 0 Å². The molecule has 1 N–H and O–H groups in total. The van der Waals surface area contributed by atoms with Crippen molar-refractivity contribution in [3.63, 3.8) is 0 Å². The van der Waals surface area contributed by atoms with E-state index in [1.54, 1.807) is 12.5 Å². The van der Waals surface area contributed by atoms with Crippen molar-refractivity contribution in [1.29, 1.82) is 0 Å². The molecular formula is C8H13N3. The maximum Gasteiger partial charge on any atom is 0.0924 e. The number of hydrogen-bond acceptors (Lipinski definition) is 2. The van der Waals surface area contributed by atoms with Gasteiger partial charge in [0.25, 0.3) is 0 Å². The Kier molecular flexibility index (Phi) is 3.38. The quantitative estimate of drug-likeness (QED) is 0.515. The summed E-state index contributed by atoms with van der Waals surface area (Å²) in [7, 11) is 0. The fraction of sp³-hybridized carbons (Fsp3) is 0.500. The molecule has 1 heterocycles. The van der Waals surface area contributed by atoms with E-state index >= 15 is 0 Å². The number of hydrogen-bond donors (Lipinski definition) is 1. The van der Waals surface area contributed by atoms with Crippen LogP contribution in [0.3, 0.4) is 0 Å². The van der Waals surface area contributed by atoms with E-state index in [1.807, 2.05) is 6.21 Å². The third-order valence-electron chi connectivity index (χ3n) is 1.39. The average Bonchev–Trinajstić information content (AvgIpc) is 2.50. The average molecular weight is 151 g/mol. The van der Waals surface area contributed by atoms with Crippen molar-refractivity contribution in [2.45, 2.75) is 19.8 Å². The first-order valence-corrected chi connectivity index (χ1v) is 3.91. The van der Waals surface area contributed by atoms with Gasteiger partial charge in [-0.15, -0.1) is 0 Å². The molecule has 0 amide bonds. The molecule has 3 nitrogen and oxygen atoms in total. The van der Waals surface area contributed by atoms with E-state index in [1.165, 1.54) is 6.42 Å². The van der Waals surface area contributed by atoms with Crippen LogP contribution in [0.4, 0.5) is 0 Å². The van der Waals surface area contributed by atoms with Crippen molar-refractivity contribution in [3.05, 3.63) is 18.2 Å². The molecule has 1 aromatic heterocycles. The second-order valence-corrected chi connectivity index (χ2v) is 2.40. The van der Waals surface area contributed by atoms with Crippen molar-refractivity contribution >= 4 is 6.21 Å². The largest absolute Gasteiger partial charge is 0.344 e. The molecule has 0 atom stereocenters. The zero-order chi connectivity index (χ0) is 7.94. The van der Waals surface area contributed by atoms with E-state index in [0.29, 0.717) is 0 Å². The summed E-state index contributed by atoms with van der Waals surface area (Å²) in [6, 6.07) is 0. The lowest BCUT2D eigenvalue weighted by Crippen LogP contribution is -1.83. The molecule has 0 saturated carbocycles. The van der Waals surface area contributed by atoms with E-state index < -0.39 is 0 Å². The molecule has 0 aliphatic carbocycles. The lowest BCUT2D eigenvalue weighted by molar-refractivity contribution is 0.810. The molecule has 0 fully saturated rings. The first kappa shape index (κ1) is 7.98. The Morgan fingerprint density at radius 1 is 1.73 bits per heavy atom. The molecule has 0 aliphatic heterocycles. The van der Waals surface area contributed by atoms with Crippen molar-refractivity contribution in [3.8, 4) is 0 Å². The number of nitrogens with zero attached hydrogens (tertiary/aromatic N) is 2. The van der Waals surface area contributed by atoms with Crippen LogP contribution in [-0.4, -0.2) is 22.7 Å². The van der Waals surface area contributed by atoms with Gasteiger partial charge in [0.1, 0.15) is 0 Å². The number of imidazole rings is 1. The maximum atomic E-state index is 4.21. The lowest BCUT2D eigenvalue weighted by atomic mass is 10.3. The Morgan fingerprint density at radius 2 is 2.64 bits per heavy atom. The summed E-state index contributed by atoms with van der Waals surface area (Å²) >= 11 is 0. The first-order valence-electron chi connectivity index (χ1n) is 3.91. The summed E-state index contributed by atoms with van der Waals surface area (Å²) in [5.41, 5.74) is 0.973. The highest BCUT2D eigenvalue weighted by Crippen LogP contribution is 1.88. The predicted octanol–water partition coefficient (Wildman–Crippen LogP) is 1.63. The number of H-pyrrole nitrogens is 1. The highest BCUT2D eigenvalue weighted by Gasteiger charge is 1.84. The second kappa shape index (κ2) is 4.66. The van der Waals surface area contributed by atoms with Crippen molar-refractivity contribution in [2.75, 3.05) is 6.54 Å². The third kappa shape index (κ3) is 2.98. The predicted molar refractivity (Wildman–Crippen MR) is 46.0 cm³/mol. The summed E-state index contributed by atoms with van der Waals surface area (Å²) in [4.78, 5) is 11.0. The summed E-state index contributed by atoms with van der Waals surface area (Å²) in [6.07, 6.45) is 7.59. The Bertz CT molecular complexity index is 201. The Balaban J connectivity index is 2.25. The number of aromatic nitrogens is 2. The topological polar surface area (TPSA) is 41.0 Å². The van der Waals surface area contributed by atoms with Gasteiger partial charge < -0.3 is 4.98 Å². The van der Waals surface area contributed by atoms with Crippen LogP contribution in [0.15, 0.2) is 17.5 Å². The normalized spacial score (nSPS) is 11.0. The molecule has 1 rings (SSSR count). The van der Waals surface area contributed by atoms with Gasteiger partial charge in [-0.25, -0.2) is 4.98 Å². The van der Waals surface area contributed by atoms with Gasteiger partial charge in [-0.3, -0.25) is 4.99 Å². The number of aliphatic imine (C=N–C) groups is 1. The van der Waals surface area contributed by atoms with E-state index in [0.717, 1.165) is 18.7 Å². The van der Waals surface area contributed by atoms with Crippen LogP contribution in [-0.2, 0) is 0 Å². The standard InChI is InChI=1S/C8H13N3/c1-2-3-4-9-5-8-6-10-7-11-8/h5-7H,2-4H2,1H3,(H,10,11). The fourth-order valence-electron chi connectivity index (χ4n) is 0.750. The molecule has 0 unspecified atom stereocenters. The number of rotatable bonds is 4. The molecule has 0 saturated heterocycles. The van der Waals surface area contributed by atoms with E-state index in [-0.39, 0.29) is 0 Å².